The van der Waals surface area contributed by atoms with E-state index in [2.05, 4.69) is 15.5 Å². The Morgan fingerprint density at radius 2 is 2.17 bits per heavy atom. The van der Waals surface area contributed by atoms with Gasteiger partial charge in [0.05, 0.1) is 17.6 Å². The Hall–Kier alpha value is -2.44. The molecule has 1 atom stereocenters. The molecule has 0 aliphatic carbocycles. The van der Waals surface area contributed by atoms with E-state index in [-0.39, 0.29) is 23.0 Å². The number of hydrogen-bond acceptors (Lipinski definition) is 3. The molecule has 3 aromatic rings. The lowest BCUT2D eigenvalue weighted by Gasteiger charge is -2.16. The number of nitrogens with one attached hydrogen (secondary N) is 2. The first kappa shape index (κ1) is 15.5. The Kier molecular flexibility index (Phi) is 4.27. The molecule has 0 bridgehead atoms. The van der Waals surface area contributed by atoms with E-state index in [1.165, 1.54) is 18.2 Å². The molecule has 5 nitrogen and oxygen atoms in total. The molecule has 0 saturated carbocycles. The predicted octanol–water partition coefficient (Wildman–Crippen LogP) is 3.04. The number of hydrogen-bond donors (Lipinski definition) is 3. The summed E-state index contributed by atoms with van der Waals surface area (Å²) in [4.78, 5) is 12.4. The van der Waals surface area contributed by atoms with Crippen LogP contribution in [-0.2, 0) is 4.79 Å². The lowest BCUT2D eigenvalue weighted by atomic mass is 9.97. The minimum absolute atomic E-state index is 0.0155. The number of amides is 1. The van der Waals surface area contributed by atoms with Gasteiger partial charge < -0.3 is 11.1 Å². The van der Waals surface area contributed by atoms with Crippen molar-refractivity contribution in [3.8, 4) is 0 Å². The molecule has 23 heavy (non-hydrogen) atoms. The Labute approximate surface area is 136 Å². The van der Waals surface area contributed by atoms with Crippen molar-refractivity contribution in [3.63, 3.8) is 0 Å². The van der Waals surface area contributed by atoms with E-state index in [0.29, 0.717) is 5.69 Å². The summed E-state index contributed by atoms with van der Waals surface area (Å²) >= 11 is 5.74. The number of nitrogens with zero attached hydrogens (tertiary/aromatic N) is 1. The van der Waals surface area contributed by atoms with Crippen molar-refractivity contribution in [2.45, 2.75) is 5.92 Å². The number of benzene rings is 2. The van der Waals surface area contributed by atoms with Crippen molar-refractivity contribution >= 4 is 34.1 Å². The number of rotatable bonds is 4. The van der Waals surface area contributed by atoms with Crippen LogP contribution in [0.15, 0.2) is 42.6 Å². The summed E-state index contributed by atoms with van der Waals surface area (Å²) in [5, 5.41) is 10.6. The van der Waals surface area contributed by atoms with Gasteiger partial charge in [-0.05, 0) is 30.3 Å². The van der Waals surface area contributed by atoms with E-state index in [1.54, 1.807) is 24.4 Å². The number of halogens is 2. The van der Waals surface area contributed by atoms with E-state index in [9.17, 15) is 9.18 Å². The summed E-state index contributed by atoms with van der Waals surface area (Å²) < 4.78 is 14.0. The molecular weight excluding hydrogens is 319 g/mol. The van der Waals surface area contributed by atoms with Crippen LogP contribution in [0.4, 0.5) is 10.1 Å². The van der Waals surface area contributed by atoms with Gasteiger partial charge in [-0.15, -0.1) is 0 Å². The first-order valence-corrected chi connectivity index (χ1v) is 7.35. The Morgan fingerprint density at radius 3 is 2.91 bits per heavy atom. The third-order valence-corrected chi connectivity index (χ3v) is 3.83. The molecule has 0 aliphatic rings. The summed E-state index contributed by atoms with van der Waals surface area (Å²) in [7, 11) is 0. The number of fused-ring (bicyclic) bond motifs is 1. The third-order valence-electron chi connectivity index (χ3n) is 3.60. The fourth-order valence-electron chi connectivity index (χ4n) is 2.41. The number of anilines is 1. The number of carbonyl (C=O) groups excluding carboxylic acids is 1. The highest BCUT2D eigenvalue weighted by Crippen LogP contribution is 2.24. The van der Waals surface area contributed by atoms with Gasteiger partial charge in [-0.25, -0.2) is 4.39 Å². The monoisotopic (exact) mass is 332 g/mol. The van der Waals surface area contributed by atoms with Crippen LogP contribution in [0.3, 0.4) is 0 Å². The van der Waals surface area contributed by atoms with Gasteiger partial charge >= 0.3 is 0 Å². The SMILES string of the molecule is NCC(C(=O)Nc1ccc2[nH]ncc2c1)c1ccc(Cl)cc1F. The molecule has 0 saturated heterocycles. The number of H-pyrrole nitrogens is 1. The van der Waals surface area contributed by atoms with Crippen LogP contribution in [0.25, 0.3) is 10.9 Å². The summed E-state index contributed by atoms with van der Waals surface area (Å²) in [6, 6.07) is 9.51. The normalized spacial score (nSPS) is 12.3. The maximum atomic E-state index is 14.0. The average molecular weight is 333 g/mol. The molecule has 7 heteroatoms. The zero-order valence-corrected chi connectivity index (χ0v) is 12.8. The molecule has 1 aromatic heterocycles. The standard InChI is InChI=1S/C16H14ClFN4O/c17-10-1-3-12(14(18)6-10)13(7-19)16(23)21-11-2-4-15-9(5-11)8-20-22-15/h1-6,8,13H,7,19H2,(H,20,22)(H,21,23). The fraction of sp³-hybridized carbons (Fsp3) is 0.125. The highest BCUT2D eigenvalue weighted by molar-refractivity contribution is 6.30. The molecule has 0 fully saturated rings. The molecule has 1 amide bonds. The lowest BCUT2D eigenvalue weighted by Crippen LogP contribution is -2.28. The molecule has 118 valence electrons. The van der Waals surface area contributed by atoms with Gasteiger partial charge in [0.1, 0.15) is 5.82 Å². The summed E-state index contributed by atoms with van der Waals surface area (Å²) in [6.07, 6.45) is 1.66. The quantitative estimate of drug-likeness (QED) is 0.686. The molecule has 0 radical (unpaired) electrons. The van der Waals surface area contributed by atoms with Crippen molar-refractivity contribution in [2.24, 2.45) is 5.73 Å². The van der Waals surface area contributed by atoms with Gasteiger partial charge in [0.2, 0.25) is 5.91 Å². The fourth-order valence-corrected chi connectivity index (χ4v) is 2.57. The van der Waals surface area contributed by atoms with Gasteiger partial charge in [0.25, 0.3) is 0 Å². The summed E-state index contributed by atoms with van der Waals surface area (Å²) in [5.41, 5.74) is 7.34. The van der Waals surface area contributed by atoms with Crippen molar-refractivity contribution in [2.75, 3.05) is 11.9 Å². The predicted molar refractivity (Wildman–Crippen MR) is 87.9 cm³/mol. The van der Waals surface area contributed by atoms with E-state index < -0.39 is 11.7 Å². The maximum absolute atomic E-state index is 14.0. The van der Waals surface area contributed by atoms with Crippen molar-refractivity contribution in [1.29, 1.82) is 0 Å². The van der Waals surface area contributed by atoms with E-state index in [0.717, 1.165) is 10.9 Å². The number of carbonyl (C=O) groups is 1. The summed E-state index contributed by atoms with van der Waals surface area (Å²) in [6.45, 7) is -0.0155. The average Bonchev–Trinajstić information content (AvgIpc) is 2.97. The smallest absolute Gasteiger partial charge is 0.233 e. The van der Waals surface area contributed by atoms with Crippen LogP contribution in [0.1, 0.15) is 11.5 Å². The zero-order valence-electron chi connectivity index (χ0n) is 12.0. The molecule has 3 rings (SSSR count). The Balaban J connectivity index is 1.84. The number of aromatic nitrogens is 2. The number of aromatic amines is 1. The van der Waals surface area contributed by atoms with Crippen LogP contribution in [0.5, 0.6) is 0 Å². The number of nitrogens with two attached hydrogens (primary N) is 1. The molecule has 1 heterocycles. The lowest BCUT2D eigenvalue weighted by molar-refractivity contribution is -0.117. The van der Waals surface area contributed by atoms with E-state index in [4.69, 9.17) is 17.3 Å². The van der Waals surface area contributed by atoms with Crippen LogP contribution in [0.2, 0.25) is 5.02 Å². The van der Waals surface area contributed by atoms with Gasteiger partial charge in [0.15, 0.2) is 0 Å². The van der Waals surface area contributed by atoms with Crippen LogP contribution >= 0.6 is 11.6 Å². The van der Waals surface area contributed by atoms with Gasteiger partial charge in [0, 0.05) is 28.2 Å². The van der Waals surface area contributed by atoms with Crippen molar-refractivity contribution in [1.82, 2.24) is 10.2 Å². The maximum Gasteiger partial charge on any atom is 0.233 e. The Morgan fingerprint density at radius 1 is 1.35 bits per heavy atom. The van der Waals surface area contributed by atoms with Gasteiger partial charge in [-0.2, -0.15) is 5.10 Å². The second kappa shape index (κ2) is 6.36. The second-order valence-electron chi connectivity index (χ2n) is 5.12. The van der Waals surface area contributed by atoms with E-state index in [1.807, 2.05) is 0 Å². The van der Waals surface area contributed by atoms with Gasteiger partial charge in [-0.3, -0.25) is 9.89 Å². The molecular formula is C16H14ClFN4O. The largest absolute Gasteiger partial charge is 0.329 e. The minimum Gasteiger partial charge on any atom is -0.329 e. The zero-order chi connectivity index (χ0) is 16.4. The third kappa shape index (κ3) is 3.18. The molecule has 1 unspecified atom stereocenters. The summed E-state index contributed by atoms with van der Waals surface area (Å²) in [5.74, 6) is -1.72. The first-order chi connectivity index (χ1) is 11.1. The molecule has 0 aliphatic heterocycles. The van der Waals surface area contributed by atoms with Crippen molar-refractivity contribution < 1.29 is 9.18 Å². The van der Waals surface area contributed by atoms with Gasteiger partial charge in [-0.1, -0.05) is 17.7 Å². The van der Waals surface area contributed by atoms with Crippen LogP contribution in [-0.4, -0.2) is 22.6 Å². The minimum atomic E-state index is -0.799. The molecule has 4 N–H and O–H groups in total. The first-order valence-electron chi connectivity index (χ1n) is 6.97. The second-order valence-corrected chi connectivity index (χ2v) is 5.55. The van der Waals surface area contributed by atoms with Crippen LogP contribution in [0, 0.1) is 5.82 Å². The highest BCUT2D eigenvalue weighted by Gasteiger charge is 2.22. The topological polar surface area (TPSA) is 83.8 Å². The molecule has 2 aromatic carbocycles. The van der Waals surface area contributed by atoms with Crippen LogP contribution < -0.4 is 11.1 Å². The molecule has 0 spiro atoms. The van der Waals surface area contributed by atoms with Crippen molar-refractivity contribution in [3.05, 3.63) is 59.0 Å². The Bertz CT molecular complexity index is 864. The van der Waals surface area contributed by atoms with E-state index >= 15 is 0 Å². The highest BCUT2D eigenvalue weighted by atomic mass is 35.5.